The highest BCUT2D eigenvalue weighted by Gasteiger charge is 2.22. The molecule has 0 radical (unpaired) electrons. The Morgan fingerprint density at radius 3 is 2.59 bits per heavy atom. The lowest BCUT2D eigenvalue weighted by molar-refractivity contribution is -0.120. The number of rotatable bonds is 7. The molecule has 5 nitrogen and oxygen atoms in total. The molecule has 2 unspecified atom stereocenters. The summed E-state index contributed by atoms with van der Waals surface area (Å²) in [5.74, 6) is 1.81. The number of hydrogen-bond acceptors (Lipinski definition) is 5. The number of anilines is 1. The number of aromatic nitrogens is 1. The molecular weight excluding hydrogens is 358 g/mol. The third-order valence-electron chi connectivity index (χ3n) is 4.38. The highest BCUT2D eigenvalue weighted by molar-refractivity contribution is 7.99. The number of amides is 1. The minimum atomic E-state index is 0.0679. The zero-order chi connectivity index (χ0) is 19.1. The van der Waals surface area contributed by atoms with Gasteiger partial charge < -0.3 is 15.0 Å². The lowest BCUT2D eigenvalue weighted by atomic mass is 10.2. The number of ether oxygens (including phenoxy) is 1. The van der Waals surface area contributed by atoms with Gasteiger partial charge in [0.25, 0.3) is 0 Å². The van der Waals surface area contributed by atoms with Gasteiger partial charge in [0.05, 0.1) is 12.2 Å². The molecular formula is C21H27N3O2S. The van der Waals surface area contributed by atoms with Crippen LogP contribution in [0.2, 0.25) is 0 Å². The molecule has 1 aromatic carbocycles. The number of carbonyl (C=O) groups excluding carboxylic acids is 1. The zero-order valence-corrected chi connectivity index (χ0v) is 16.7. The van der Waals surface area contributed by atoms with E-state index in [4.69, 9.17) is 4.74 Å². The van der Waals surface area contributed by atoms with Gasteiger partial charge in [0, 0.05) is 42.9 Å². The molecule has 0 bridgehead atoms. The van der Waals surface area contributed by atoms with Crippen LogP contribution in [0.15, 0.2) is 53.6 Å². The zero-order valence-electron chi connectivity index (χ0n) is 15.9. The minimum absolute atomic E-state index is 0.0679. The molecule has 2 atom stereocenters. The van der Waals surface area contributed by atoms with Crippen molar-refractivity contribution in [3.63, 3.8) is 0 Å². The van der Waals surface area contributed by atoms with Crippen LogP contribution in [0.5, 0.6) is 0 Å². The van der Waals surface area contributed by atoms with E-state index in [1.165, 1.54) is 4.90 Å². The molecule has 1 aliphatic heterocycles. The Labute approximate surface area is 165 Å². The number of nitrogens with one attached hydrogen (secondary N) is 1. The summed E-state index contributed by atoms with van der Waals surface area (Å²) in [6.07, 6.45) is 2.78. The standard InChI is InChI=1S/C21H27N3O2S/c1-16-14-24(15-17(2)26-16)20-9-8-18(12-22-20)13-23-21(25)10-11-27-19-6-4-3-5-7-19/h3-9,12,16-17H,10-11,13-15H2,1-2H3,(H,23,25). The van der Waals surface area contributed by atoms with Crippen molar-refractivity contribution in [2.24, 2.45) is 0 Å². The number of hydrogen-bond donors (Lipinski definition) is 1. The van der Waals surface area contributed by atoms with Crippen LogP contribution in [0.4, 0.5) is 5.82 Å². The molecule has 1 aromatic heterocycles. The molecule has 27 heavy (non-hydrogen) atoms. The summed E-state index contributed by atoms with van der Waals surface area (Å²) in [5.41, 5.74) is 1.01. The Balaban J connectivity index is 1.41. The molecule has 144 valence electrons. The number of morpholine rings is 1. The summed E-state index contributed by atoms with van der Waals surface area (Å²) in [4.78, 5) is 20.0. The molecule has 6 heteroatoms. The Bertz CT molecular complexity index is 714. The topological polar surface area (TPSA) is 54.5 Å². The van der Waals surface area contributed by atoms with E-state index in [9.17, 15) is 4.79 Å². The largest absolute Gasteiger partial charge is 0.372 e. The fraction of sp³-hybridized carbons (Fsp3) is 0.429. The van der Waals surface area contributed by atoms with Crippen LogP contribution in [-0.4, -0.2) is 41.9 Å². The third-order valence-corrected chi connectivity index (χ3v) is 5.40. The molecule has 0 saturated carbocycles. The smallest absolute Gasteiger partial charge is 0.221 e. The first-order chi connectivity index (χ1) is 13.1. The van der Waals surface area contributed by atoms with E-state index >= 15 is 0 Å². The van der Waals surface area contributed by atoms with Crippen LogP contribution < -0.4 is 10.2 Å². The van der Waals surface area contributed by atoms with Crippen molar-refractivity contribution in [1.29, 1.82) is 0 Å². The van der Waals surface area contributed by atoms with Crippen LogP contribution in [0.1, 0.15) is 25.8 Å². The lowest BCUT2D eigenvalue weighted by Gasteiger charge is -2.36. The summed E-state index contributed by atoms with van der Waals surface area (Å²) < 4.78 is 5.77. The van der Waals surface area contributed by atoms with Gasteiger partial charge in [-0.05, 0) is 37.6 Å². The fourth-order valence-electron chi connectivity index (χ4n) is 3.14. The maximum Gasteiger partial charge on any atom is 0.221 e. The Morgan fingerprint density at radius 2 is 1.93 bits per heavy atom. The third kappa shape index (κ3) is 6.26. The van der Waals surface area contributed by atoms with Crippen molar-refractivity contribution >= 4 is 23.5 Å². The Morgan fingerprint density at radius 1 is 1.19 bits per heavy atom. The summed E-state index contributed by atoms with van der Waals surface area (Å²) in [6, 6.07) is 14.2. The number of thioether (sulfide) groups is 1. The molecule has 2 aromatic rings. The molecule has 0 aliphatic carbocycles. The molecule has 2 heterocycles. The van der Waals surface area contributed by atoms with Gasteiger partial charge in [-0.1, -0.05) is 24.3 Å². The van der Waals surface area contributed by atoms with Gasteiger partial charge in [0.15, 0.2) is 0 Å². The van der Waals surface area contributed by atoms with Crippen molar-refractivity contribution in [3.05, 3.63) is 54.2 Å². The van der Waals surface area contributed by atoms with Crippen LogP contribution in [0, 0.1) is 0 Å². The van der Waals surface area contributed by atoms with Crippen molar-refractivity contribution < 1.29 is 9.53 Å². The first kappa shape index (κ1) is 19.7. The molecule has 1 N–H and O–H groups in total. The molecule has 3 rings (SSSR count). The number of benzene rings is 1. The second-order valence-electron chi connectivity index (χ2n) is 6.88. The van der Waals surface area contributed by atoms with Crippen molar-refractivity contribution in [2.45, 2.75) is 43.9 Å². The van der Waals surface area contributed by atoms with Crippen molar-refractivity contribution in [1.82, 2.24) is 10.3 Å². The molecule has 1 saturated heterocycles. The predicted molar refractivity (Wildman–Crippen MR) is 110 cm³/mol. The molecule has 1 amide bonds. The van der Waals surface area contributed by atoms with Crippen LogP contribution in [0.3, 0.4) is 0 Å². The van der Waals surface area contributed by atoms with E-state index in [1.807, 2.05) is 36.5 Å². The average Bonchev–Trinajstić information content (AvgIpc) is 2.67. The van der Waals surface area contributed by atoms with E-state index in [1.54, 1.807) is 11.8 Å². The quantitative estimate of drug-likeness (QED) is 0.740. The monoisotopic (exact) mass is 385 g/mol. The van der Waals surface area contributed by atoms with Gasteiger partial charge in [-0.15, -0.1) is 11.8 Å². The number of nitrogens with zero attached hydrogens (tertiary/aromatic N) is 2. The van der Waals surface area contributed by atoms with E-state index in [0.717, 1.165) is 30.2 Å². The Kier molecular flexibility index (Phi) is 7.12. The summed E-state index contributed by atoms with van der Waals surface area (Å²) in [6.45, 7) is 6.39. The summed E-state index contributed by atoms with van der Waals surface area (Å²) in [5, 5.41) is 2.97. The van der Waals surface area contributed by atoms with Crippen LogP contribution in [0.25, 0.3) is 0 Å². The molecule has 0 spiro atoms. The normalized spacial score (nSPS) is 19.7. The van der Waals surface area contributed by atoms with Gasteiger partial charge in [0.2, 0.25) is 5.91 Å². The first-order valence-electron chi connectivity index (χ1n) is 9.40. The van der Waals surface area contributed by atoms with Gasteiger partial charge >= 0.3 is 0 Å². The van der Waals surface area contributed by atoms with Crippen molar-refractivity contribution in [2.75, 3.05) is 23.7 Å². The minimum Gasteiger partial charge on any atom is -0.372 e. The summed E-state index contributed by atoms with van der Waals surface area (Å²) >= 11 is 1.70. The highest BCUT2D eigenvalue weighted by atomic mass is 32.2. The summed E-state index contributed by atoms with van der Waals surface area (Å²) in [7, 11) is 0. The van der Waals surface area contributed by atoms with Gasteiger partial charge in [-0.2, -0.15) is 0 Å². The highest BCUT2D eigenvalue weighted by Crippen LogP contribution is 2.19. The van der Waals surface area contributed by atoms with Gasteiger partial charge in [-0.3, -0.25) is 4.79 Å². The lowest BCUT2D eigenvalue weighted by Crippen LogP contribution is -2.45. The maximum atomic E-state index is 12.0. The molecule has 1 fully saturated rings. The number of pyridine rings is 1. The van der Waals surface area contributed by atoms with Gasteiger partial charge in [-0.25, -0.2) is 4.98 Å². The first-order valence-corrected chi connectivity index (χ1v) is 10.4. The van der Waals surface area contributed by atoms with E-state index < -0.39 is 0 Å². The maximum absolute atomic E-state index is 12.0. The van der Waals surface area contributed by atoms with E-state index in [2.05, 4.69) is 41.2 Å². The average molecular weight is 386 g/mol. The molecule has 1 aliphatic rings. The SMILES string of the molecule is CC1CN(c2ccc(CNC(=O)CCSc3ccccc3)cn2)CC(C)O1. The predicted octanol–water partition coefficient (Wildman–Crippen LogP) is 3.49. The van der Waals surface area contributed by atoms with E-state index in [0.29, 0.717) is 13.0 Å². The second-order valence-corrected chi connectivity index (χ2v) is 8.04. The van der Waals surface area contributed by atoms with Crippen LogP contribution >= 0.6 is 11.8 Å². The van der Waals surface area contributed by atoms with Crippen LogP contribution in [-0.2, 0) is 16.1 Å². The Hall–Kier alpha value is -2.05. The van der Waals surface area contributed by atoms with Gasteiger partial charge in [0.1, 0.15) is 5.82 Å². The van der Waals surface area contributed by atoms with Crippen molar-refractivity contribution in [3.8, 4) is 0 Å². The fourth-order valence-corrected chi connectivity index (χ4v) is 4.01. The van der Waals surface area contributed by atoms with E-state index in [-0.39, 0.29) is 18.1 Å². The number of carbonyl (C=O) groups is 1. The second kappa shape index (κ2) is 9.76.